The molecule has 18 heavy (non-hydrogen) atoms. The van der Waals surface area contributed by atoms with Crippen molar-refractivity contribution in [1.29, 1.82) is 0 Å². The van der Waals surface area contributed by atoms with Crippen LogP contribution in [0.4, 0.5) is 0 Å². The predicted molar refractivity (Wildman–Crippen MR) is 69.5 cm³/mol. The Morgan fingerprint density at radius 3 is 2.83 bits per heavy atom. The fourth-order valence-corrected chi connectivity index (χ4v) is 3.04. The second-order valence-electron chi connectivity index (χ2n) is 5.41. The topological polar surface area (TPSA) is 29.5 Å². The van der Waals surface area contributed by atoms with Gasteiger partial charge in [0.15, 0.2) is 6.61 Å². The molecule has 0 N–H and O–H groups in total. The van der Waals surface area contributed by atoms with Crippen molar-refractivity contribution in [2.75, 3.05) is 13.2 Å². The highest BCUT2D eigenvalue weighted by Crippen LogP contribution is 2.38. The van der Waals surface area contributed by atoms with E-state index in [1.54, 1.807) is 0 Å². The Morgan fingerprint density at radius 2 is 2.11 bits per heavy atom. The monoisotopic (exact) mass is 245 g/mol. The lowest BCUT2D eigenvalue weighted by molar-refractivity contribution is -0.144. The summed E-state index contributed by atoms with van der Waals surface area (Å²) >= 11 is 0. The summed E-state index contributed by atoms with van der Waals surface area (Å²) in [7, 11) is 0. The molecular weight excluding hydrogens is 226 g/mol. The van der Waals surface area contributed by atoms with E-state index in [0.717, 1.165) is 18.2 Å². The third-order valence-electron chi connectivity index (χ3n) is 4.15. The molecule has 2 atom stereocenters. The molecule has 0 spiro atoms. The number of hydrogen-bond donors (Lipinski definition) is 0. The first-order chi connectivity index (χ1) is 8.74. The number of fused-ring (bicyclic) bond motifs is 1. The van der Waals surface area contributed by atoms with Crippen LogP contribution in [0.5, 0.6) is 5.75 Å². The van der Waals surface area contributed by atoms with E-state index >= 15 is 0 Å². The van der Waals surface area contributed by atoms with Gasteiger partial charge in [0.25, 0.3) is 5.91 Å². The van der Waals surface area contributed by atoms with E-state index in [1.807, 2.05) is 36.1 Å². The van der Waals surface area contributed by atoms with Crippen molar-refractivity contribution in [1.82, 2.24) is 4.90 Å². The molecule has 1 aliphatic heterocycles. The normalized spacial score (nSPS) is 25.5. The number of amides is 1. The minimum atomic E-state index is 0.138. The maximum absolute atomic E-state index is 12.0. The molecule has 2 aliphatic rings. The van der Waals surface area contributed by atoms with E-state index in [0.29, 0.717) is 6.04 Å². The van der Waals surface area contributed by atoms with Crippen molar-refractivity contribution in [2.24, 2.45) is 5.92 Å². The van der Waals surface area contributed by atoms with E-state index < -0.39 is 0 Å². The van der Waals surface area contributed by atoms with Crippen LogP contribution in [-0.2, 0) is 4.79 Å². The summed E-state index contributed by atoms with van der Waals surface area (Å²) in [6.45, 7) is 3.16. The second-order valence-corrected chi connectivity index (χ2v) is 5.41. The largest absolute Gasteiger partial charge is 0.484 e. The van der Waals surface area contributed by atoms with Crippen molar-refractivity contribution in [2.45, 2.75) is 32.2 Å². The van der Waals surface area contributed by atoms with Crippen molar-refractivity contribution < 1.29 is 9.53 Å². The first-order valence-electron chi connectivity index (χ1n) is 6.73. The molecule has 96 valence electrons. The van der Waals surface area contributed by atoms with Crippen molar-refractivity contribution in [3.63, 3.8) is 0 Å². The average molecular weight is 245 g/mol. The molecule has 1 saturated heterocycles. The zero-order chi connectivity index (χ0) is 12.5. The van der Waals surface area contributed by atoms with Gasteiger partial charge in [-0.3, -0.25) is 4.79 Å². The molecule has 1 amide bonds. The molecule has 0 bridgehead atoms. The van der Waals surface area contributed by atoms with Crippen LogP contribution < -0.4 is 4.74 Å². The third kappa shape index (κ3) is 2.09. The minimum Gasteiger partial charge on any atom is -0.484 e. The highest BCUT2D eigenvalue weighted by Gasteiger charge is 2.44. The van der Waals surface area contributed by atoms with Crippen molar-refractivity contribution in [3.05, 3.63) is 29.8 Å². The van der Waals surface area contributed by atoms with Crippen LogP contribution in [0, 0.1) is 12.8 Å². The number of nitrogens with zero attached hydrogens (tertiary/aromatic N) is 1. The number of carbonyl (C=O) groups excluding carboxylic acids is 1. The third-order valence-corrected chi connectivity index (χ3v) is 4.15. The fraction of sp³-hybridized carbons (Fsp3) is 0.533. The number of likely N-dealkylation sites (tertiary alicyclic amines) is 1. The van der Waals surface area contributed by atoms with Gasteiger partial charge in [0.2, 0.25) is 0 Å². The smallest absolute Gasteiger partial charge is 0.260 e. The summed E-state index contributed by atoms with van der Waals surface area (Å²) < 4.78 is 5.54. The van der Waals surface area contributed by atoms with Gasteiger partial charge < -0.3 is 9.64 Å². The summed E-state index contributed by atoms with van der Waals surface area (Å²) in [4.78, 5) is 14.0. The van der Waals surface area contributed by atoms with E-state index in [2.05, 4.69) is 0 Å². The average Bonchev–Trinajstić information content (AvgIpc) is 2.70. The Bertz CT molecular complexity index is 440. The van der Waals surface area contributed by atoms with Gasteiger partial charge in [-0.2, -0.15) is 0 Å². The first kappa shape index (κ1) is 11.6. The number of rotatable bonds is 3. The zero-order valence-corrected chi connectivity index (χ0v) is 10.8. The molecule has 1 heterocycles. The van der Waals surface area contributed by atoms with E-state index in [4.69, 9.17) is 4.74 Å². The zero-order valence-electron chi connectivity index (χ0n) is 10.8. The van der Waals surface area contributed by atoms with Gasteiger partial charge in [0, 0.05) is 12.6 Å². The Balaban J connectivity index is 1.51. The van der Waals surface area contributed by atoms with Gasteiger partial charge in [-0.1, -0.05) is 24.1 Å². The molecule has 1 aromatic carbocycles. The Hall–Kier alpha value is -1.51. The van der Waals surface area contributed by atoms with Gasteiger partial charge >= 0.3 is 0 Å². The van der Waals surface area contributed by atoms with Crippen LogP contribution in [0.1, 0.15) is 24.8 Å². The molecule has 0 aromatic heterocycles. The van der Waals surface area contributed by atoms with Crippen molar-refractivity contribution in [3.8, 4) is 5.75 Å². The van der Waals surface area contributed by atoms with E-state index in [-0.39, 0.29) is 12.5 Å². The van der Waals surface area contributed by atoms with Gasteiger partial charge in [-0.15, -0.1) is 0 Å². The highest BCUT2D eigenvalue weighted by atomic mass is 16.5. The number of aryl methyl sites for hydroxylation is 1. The quantitative estimate of drug-likeness (QED) is 0.818. The number of carbonyl (C=O) groups is 1. The summed E-state index contributed by atoms with van der Waals surface area (Å²) in [6.07, 6.45) is 3.76. The van der Waals surface area contributed by atoms with E-state index in [9.17, 15) is 4.79 Å². The SMILES string of the molecule is Cc1ccc(OCC(=O)N2C[C@@H]3CCC[C@@H]32)cc1. The van der Waals surface area contributed by atoms with Gasteiger partial charge in [0.1, 0.15) is 5.75 Å². The lowest BCUT2D eigenvalue weighted by Crippen LogP contribution is -2.57. The summed E-state index contributed by atoms with van der Waals surface area (Å²) in [6, 6.07) is 8.33. The highest BCUT2D eigenvalue weighted by molar-refractivity contribution is 5.79. The van der Waals surface area contributed by atoms with Gasteiger partial charge in [-0.25, -0.2) is 0 Å². The molecule has 3 heteroatoms. The Kier molecular flexibility index (Phi) is 2.98. The predicted octanol–water partition coefficient (Wildman–Crippen LogP) is 2.38. The summed E-state index contributed by atoms with van der Waals surface area (Å²) in [5.74, 6) is 1.68. The Labute approximate surface area is 108 Å². The first-order valence-corrected chi connectivity index (χ1v) is 6.73. The van der Waals surface area contributed by atoms with Crippen LogP contribution in [0.25, 0.3) is 0 Å². The second kappa shape index (κ2) is 4.63. The molecule has 3 rings (SSSR count). The minimum absolute atomic E-state index is 0.138. The van der Waals surface area contributed by atoms with Crippen LogP contribution in [0.3, 0.4) is 0 Å². The van der Waals surface area contributed by atoms with Crippen LogP contribution in [-0.4, -0.2) is 30.0 Å². The Morgan fingerprint density at radius 1 is 1.33 bits per heavy atom. The maximum Gasteiger partial charge on any atom is 0.260 e. The van der Waals surface area contributed by atoms with Crippen molar-refractivity contribution >= 4 is 5.91 Å². The lowest BCUT2D eigenvalue weighted by Gasteiger charge is -2.44. The molecular formula is C15H19NO2. The molecule has 0 unspecified atom stereocenters. The van der Waals surface area contributed by atoms with Crippen LogP contribution >= 0.6 is 0 Å². The maximum atomic E-state index is 12.0. The molecule has 2 fully saturated rings. The van der Waals surface area contributed by atoms with E-state index in [1.165, 1.54) is 24.8 Å². The van der Waals surface area contributed by atoms with Gasteiger partial charge in [-0.05, 0) is 37.8 Å². The van der Waals surface area contributed by atoms with Crippen LogP contribution in [0.2, 0.25) is 0 Å². The van der Waals surface area contributed by atoms with Crippen LogP contribution in [0.15, 0.2) is 24.3 Å². The standard InChI is InChI=1S/C15H19NO2/c1-11-5-7-13(8-6-11)18-10-15(17)16-9-12-3-2-4-14(12)16/h5-8,12,14H,2-4,9-10H2,1H3/t12-,14-/m0/s1. The number of ether oxygens (including phenoxy) is 1. The lowest BCUT2D eigenvalue weighted by atomic mass is 9.92. The summed E-state index contributed by atoms with van der Waals surface area (Å²) in [5.41, 5.74) is 1.20. The molecule has 0 radical (unpaired) electrons. The number of hydrogen-bond acceptors (Lipinski definition) is 2. The fourth-order valence-electron chi connectivity index (χ4n) is 3.04. The molecule has 1 aliphatic carbocycles. The molecule has 3 nitrogen and oxygen atoms in total. The van der Waals surface area contributed by atoms with Gasteiger partial charge in [0.05, 0.1) is 0 Å². The number of benzene rings is 1. The molecule has 1 saturated carbocycles. The molecule has 1 aromatic rings. The summed E-state index contributed by atoms with van der Waals surface area (Å²) in [5, 5.41) is 0.